The van der Waals surface area contributed by atoms with E-state index >= 15 is 0 Å². The lowest BCUT2D eigenvalue weighted by atomic mass is 10.2. The van der Waals surface area contributed by atoms with Crippen LogP contribution in [0.2, 0.25) is 0 Å². The summed E-state index contributed by atoms with van der Waals surface area (Å²) in [5.74, 6) is -0.593. The maximum atomic E-state index is 13.4. The second-order valence-corrected chi connectivity index (χ2v) is 6.88. The molecule has 1 aromatic carbocycles. The molecule has 1 aliphatic heterocycles. The topological polar surface area (TPSA) is 72.6 Å². The van der Waals surface area contributed by atoms with Gasteiger partial charge in [-0.2, -0.15) is 4.31 Å². The molecule has 2 rings (SSSR count). The zero-order valence-corrected chi connectivity index (χ0v) is 12.4. The van der Waals surface area contributed by atoms with E-state index in [1.54, 1.807) is 0 Å². The van der Waals surface area contributed by atoms with Gasteiger partial charge in [-0.25, -0.2) is 12.8 Å². The van der Waals surface area contributed by atoms with Gasteiger partial charge in [0.2, 0.25) is 10.0 Å². The number of nitrogens with zero attached hydrogens (tertiary/aromatic N) is 1. The number of hydrogen-bond donors (Lipinski definition) is 1. The van der Waals surface area contributed by atoms with Crippen molar-refractivity contribution < 1.29 is 17.5 Å². The quantitative estimate of drug-likeness (QED) is 0.903. The minimum atomic E-state index is -3.79. The van der Waals surface area contributed by atoms with E-state index in [4.69, 9.17) is 10.5 Å². The number of nitrogens with two attached hydrogens (primary N) is 1. The van der Waals surface area contributed by atoms with Gasteiger partial charge in [-0.05, 0) is 31.0 Å². The van der Waals surface area contributed by atoms with E-state index in [2.05, 4.69) is 0 Å². The SMILES string of the molecule is CC1OCCC1N(C)S(=O)(=O)c1cc(F)ccc1CN. The molecule has 20 heavy (non-hydrogen) atoms. The number of likely N-dealkylation sites (N-methyl/N-ethyl adjacent to an activating group) is 1. The van der Waals surface area contributed by atoms with Crippen molar-refractivity contribution in [1.29, 1.82) is 0 Å². The molecule has 7 heteroatoms. The van der Waals surface area contributed by atoms with Gasteiger partial charge in [0.25, 0.3) is 0 Å². The smallest absolute Gasteiger partial charge is 0.243 e. The maximum Gasteiger partial charge on any atom is 0.243 e. The first-order valence-corrected chi connectivity index (χ1v) is 7.90. The second-order valence-electron chi connectivity index (χ2n) is 4.91. The number of ether oxygens (including phenoxy) is 1. The molecule has 0 radical (unpaired) electrons. The average molecular weight is 302 g/mol. The summed E-state index contributed by atoms with van der Waals surface area (Å²) in [5, 5.41) is 0. The predicted octanol–water partition coefficient (Wildman–Crippen LogP) is 1.08. The lowest BCUT2D eigenvalue weighted by molar-refractivity contribution is 0.102. The zero-order valence-electron chi connectivity index (χ0n) is 11.5. The molecule has 2 N–H and O–H groups in total. The highest BCUT2D eigenvalue weighted by Crippen LogP contribution is 2.27. The van der Waals surface area contributed by atoms with Gasteiger partial charge in [0, 0.05) is 20.2 Å². The van der Waals surface area contributed by atoms with Crippen molar-refractivity contribution in [3.8, 4) is 0 Å². The van der Waals surface area contributed by atoms with Crippen LogP contribution in [0, 0.1) is 5.82 Å². The molecular weight excluding hydrogens is 283 g/mol. The van der Waals surface area contributed by atoms with Gasteiger partial charge in [-0.15, -0.1) is 0 Å². The van der Waals surface area contributed by atoms with Crippen LogP contribution in [0.1, 0.15) is 18.9 Å². The van der Waals surface area contributed by atoms with E-state index in [0.29, 0.717) is 18.6 Å². The van der Waals surface area contributed by atoms with Gasteiger partial charge in [0.05, 0.1) is 17.0 Å². The number of halogens is 1. The Morgan fingerprint density at radius 3 is 2.75 bits per heavy atom. The Morgan fingerprint density at radius 1 is 1.50 bits per heavy atom. The van der Waals surface area contributed by atoms with E-state index in [0.717, 1.165) is 6.07 Å². The minimum Gasteiger partial charge on any atom is -0.377 e. The molecule has 0 spiro atoms. The summed E-state index contributed by atoms with van der Waals surface area (Å²) in [7, 11) is -2.29. The molecule has 0 amide bonds. The van der Waals surface area contributed by atoms with Crippen molar-refractivity contribution in [3.05, 3.63) is 29.6 Å². The van der Waals surface area contributed by atoms with E-state index in [1.165, 1.54) is 23.5 Å². The normalized spacial score (nSPS) is 23.4. The first-order chi connectivity index (χ1) is 9.37. The van der Waals surface area contributed by atoms with Crippen molar-refractivity contribution in [1.82, 2.24) is 4.31 Å². The standard InChI is InChI=1S/C13H19FN2O3S/c1-9-12(5-6-19-9)16(2)20(17,18)13-7-11(14)4-3-10(13)8-15/h3-4,7,9,12H,5-6,8,15H2,1-2H3. The van der Waals surface area contributed by atoms with Crippen LogP contribution < -0.4 is 5.73 Å². The largest absolute Gasteiger partial charge is 0.377 e. The van der Waals surface area contributed by atoms with Crippen molar-refractivity contribution in [2.45, 2.75) is 36.9 Å². The summed E-state index contributed by atoms with van der Waals surface area (Å²) < 4.78 is 45.3. The molecule has 1 aliphatic rings. The fourth-order valence-electron chi connectivity index (χ4n) is 2.47. The molecule has 0 bridgehead atoms. The molecule has 0 aliphatic carbocycles. The summed E-state index contributed by atoms with van der Waals surface area (Å²) in [4.78, 5) is -0.0680. The van der Waals surface area contributed by atoms with E-state index in [-0.39, 0.29) is 23.6 Å². The van der Waals surface area contributed by atoms with Crippen LogP contribution in [-0.2, 0) is 21.3 Å². The molecule has 5 nitrogen and oxygen atoms in total. The van der Waals surface area contributed by atoms with E-state index < -0.39 is 15.8 Å². The maximum absolute atomic E-state index is 13.4. The summed E-state index contributed by atoms with van der Waals surface area (Å²) in [6.07, 6.45) is 0.453. The zero-order chi connectivity index (χ0) is 14.9. The Morgan fingerprint density at radius 2 is 2.20 bits per heavy atom. The van der Waals surface area contributed by atoms with Crippen LogP contribution in [0.15, 0.2) is 23.1 Å². The van der Waals surface area contributed by atoms with E-state index in [1.807, 2.05) is 6.92 Å². The first kappa shape index (κ1) is 15.4. The molecule has 2 atom stereocenters. The van der Waals surface area contributed by atoms with Crippen LogP contribution in [-0.4, -0.2) is 38.5 Å². The average Bonchev–Trinajstić information content (AvgIpc) is 2.83. The van der Waals surface area contributed by atoms with Crippen LogP contribution in [0.4, 0.5) is 4.39 Å². The molecule has 112 valence electrons. The Bertz CT molecular complexity index is 591. The summed E-state index contributed by atoms with van der Waals surface area (Å²) in [5.41, 5.74) is 5.96. The second kappa shape index (κ2) is 5.77. The third kappa shape index (κ3) is 2.71. The Balaban J connectivity index is 2.42. The van der Waals surface area contributed by atoms with Gasteiger partial charge in [-0.3, -0.25) is 0 Å². The summed E-state index contributed by atoms with van der Waals surface area (Å²) in [6.45, 7) is 2.40. The van der Waals surface area contributed by atoms with Gasteiger partial charge in [-0.1, -0.05) is 6.07 Å². The highest BCUT2D eigenvalue weighted by atomic mass is 32.2. The first-order valence-electron chi connectivity index (χ1n) is 6.46. The van der Waals surface area contributed by atoms with Crippen LogP contribution in [0.3, 0.4) is 0 Å². The Kier molecular flexibility index (Phi) is 4.43. The number of sulfonamides is 1. The third-order valence-corrected chi connectivity index (χ3v) is 5.67. The highest BCUT2D eigenvalue weighted by Gasteiger charge is 2.36. The van der Waals surface area contributed by atoms with Crippen molar-refractivity contribution in [2.24, 2.45) is 5.73 Å². The predicted molar refractivity (Wildman–Crippen MR) is 73.1 cm³/mol. The molecule has 2 unspecified atom stereocenters. The fraction of sp³-hybridized carbons (Fsp3) is 0.538. The summed E-state index contributed by atoms with van der Waals surface area (Å²) >= 11 is 0. The highest BCUT2D eigenvalue weighted by molar-refractivity contribution is 7.89. The van der Waals surface area contributed by atoms with Gasteiger partial charge in [0.1, 0.15) is 5.82 Å². The van der Waals surface area contributed by atoms with Gasteiger partial charge >= 0.3 is 0 Å². The fourth-order valence-corrected chi connectivity index (χ4v) is 4.16. The van der Waals surface area contributed by atoms with Crippen LogP contribution >= 0.6 is 0 Å². The monoisotopic (exact) mass is 302 g/mol. The molecule has 1 fully saturated rings. The van der Waals surface area contributed by atoms with Gasteiger partial charge in [0.15, 0.2) is 0 Å². The van der Waals surface area contributed by atoms with Crippen molar-refractivity contribution in [2.75, 3.05) is 13.7 Å². The molecule has 1 saturated heterocycles. The van der Waals surface area contributed by atoms with E-state index in [9.17, 15) is 12.8 Å². The molecule has 1 heterocycles. The summed E-state index contributed by atoms with van der Waals surface area (Å²) in [6, 6.07) is 3.40. The number of hydrogen-bond acceptors (Lipinski definition) is 4. The van der Waals surface area contributed by atoms with Crippen molar-refractivity contribution in [3.63, 3.8) is 0 Å². The molecule has 1 aromatic rings. The Labute approximate surface area is 118 Å². The number of rotatable bonds is 4. The number of benzene rings is 1. The van der Waals surface area contributed by atoms with Crippen LogP contribution in [0.5, 0.6) is 0 Å². The lowest BCUT2D eigenvalue weighted by Crippen LogP contribution is -2.41. The third-order valence-electron chi connectivity index (χ3n) is 3.71. The molecular formula is C13H19FN2O3S. The van der Waals surface area contributed by atoms with Crippen molar-refractivity contribution >= 4 is 10.0 Å². The molecule has 0 saturated carbocycles. The minimum absolute atomic E-state index is 0.0411. The Hall–Kier alpha value is -1.02. The lowest BCUT2D eigenvalue weighted by Gasteiger charge is -2.26. The van der Waals surface area contributed by atoms with Crippen LogP contribution in [0.25, 0.3) is 0 Å². The van der Waals surface area contributed by atoms with Gasteiger partial charge < -0.3 is 10.5 Å². The molecule has 0 aromatic heterocycles.